The first-order valence-corrected chi connectivity index (χ1v) is 6.73. The van der Waals surface area contributed by atoms with Gasteiger partial charge in [-0.2, -0.15) is 0 Å². The zero-order valence-corrected chi connectivity index (χ0v) is 10.8. The first-order chi connectivity index (χ1) is 9.30. The number of hydrogen-bond donors (Lipinski definition) is 0. The lowest BCUT2D eigenvalue weighted by molar-refractivity contribution is -0.112. The highest BCUT2D eigenvalue weighted by atomic mass is 16.6. The van der Waals surface area contributed by atoms with E-state index in [2.05, 4.69) is 0 Å². The van der Waals surface area contributed by atoms with Crippen molar-refractivity contribution in [3.63, 3.8) is 0 Å². The molecule has 3 rings (SSSR count). The average Bonchev–Trinajstić information content (AvgIpc) is 2.87. The maximum absolute atomic E-state index is 10.8. The van der Waals surface area contributed by atoms with Crippen LogP contribution < -0.4 is 4.74 Å². The van der Waals surface area contributed by atoms with Gasteiger partial charge in [-0.1, -0.05) is 12.1 Å². The molecule has 0 aromatic heterocycles. The molecule has 19 heavy (non-hydrogen) atoms. The highest BCUT2D eigenvalue weighted by Crippen LogP contribution is 2.34. The SMILES string of the molecule is O=Cc1cccc(OC2CCOC3(CCOC3)C2)c1. The van der Waals surface area contributed by atoms with Crippen LogP contribution in [-0.4, -0.2) is 37.8 Å². The lowest BCUT2D eigenvalue weighted by atomic mass is 9.91. The molecule has 0 aliphatic carbocycles. The average molecular weight is 262 g/mol. The summed E-state index contributed by atoms with van der Waals surface area (Å²) < 4.78 is 17.3. The molecule has 2 saturated heterocycles. The first-order valence-electron chi connectivity index (χ1n) is 6.73. The van der Waals surface area contributed by atoms with E-state index in [1.54, 1.807) is 12.1 Å². The first kappa shape index (κ1) is 12.6. The lowest BCUT2D eigenvalue weighted by Gasteiger charge is -2.37. The number of carbonyl (C=O) groups is 1. The molecule has 0 saturated carbocycles. The van der Waals surface area contributed by atoms with E-state index < -0.39 is 0 Å². The van der Waals surface area contributed by atoms with Crippen molar-refractivity contribution in [3.05, 3.63) is 29.8 Å². The third-order valence-electron chi connectivity index (χ3n) is 3.81. The van der Waals surface area contributed by atoms with Gasteiger partial charge in [0.2, 0.25) is 0 Å². The quantitative estimate of drug-likeness (QED) is 0.783. The number of aldehydes is 1. The Kier molecular flexibility index (Phi) is 3.53. The number of ether oxygens (including phenoxy) is 3. The molecular weight excluding hydrogens is 244 g/mol. The molecule has 0 radical (unpaired) electrons. The van der Waals surface area contributed by atoms with Crippen LogP contribution in [0.5, 0.6) is 5.75 Å². The van der Waals surface area contributed by atoms with Crippen LogP contribution in [0.2, 0.25) is 0 Å². The number of benzene rings is 1. The molecule has 1 spiro atoms. The summed E-state index contributed by atoms with van der Waals surface area (Å²) in [6, 6.07) is 7.28. The summed E-state index contributed by atoms with van der Waals surface area (Å²) in [4.78, 5) is 10.8. The number of rotatable bonds is 3. The monoisotopic (exact) mass is 262 g/mol. The molecule has 2 unspecified atom stereocenters. The molecule has 1 aromatic carbocycles. The van der Waals surface area contributed by atoms with E-state index in [1.165, 1.54) is 0 Å². The summed E-state index contributed by atoms with van der Waals surface area (Å²) in [7, 11) is 0. The van der Waals surface area contributed by atoms with E-state index >= 15 is 0 Å². The maximum atomic E-state index is 10.8. The van der Waals surface area contributed by atoms with Crippen LogP contribution in [0.3, 0.4) is 0 Å². The summed E-state index contributed by atoms with van der Waals surface area (Å²) in [5.41, 5.74) is 0.494. The number of carbonyl (C=O) groups excluding carboxylic acids is 1. The van der Waals surface area contributed by atoms with Crippen LogP contribution in [-0.2, 0) is 9.47 Å². The second kappa shape index (κ2) is 5.31. The third kappa shape index (κ3) is 2.80. The summed E-state index contributed by atoms with van der Waals surface area (Å²) in [5, 5.41) is 0. The Morgan fingerprint density at radius 1 is 1.37 bits per heavy atom. The molecule has 102 valence electrons. The van der Waals surface area contributed by atoms with Gasteiger partial charge in [-0.25, -0.2) is 0 Å². The van der Waals surface area contributed by atoms with Gasteiger partial charge in [0.05, 0.1) is 18.8 Å². The van der Waals surface area contributed by atoms with E-state index in [4.69, 9.17) is 14.2 Å². The minimum absolute atomic E-state index is 0.136. The van der Waals surface area contributed by atoms with Crippen molar-refractivity contribution in [2.24, 2.45) is 0 Å². The molecule has 0 amide bonds. The molecule has 2 aliphatic rings. The summed E-state index contributed by atoms with van der Waals surface area (Å²) >= 11 is 0. The Bertz CT molecular complexity index is 451. The van der Waals surface area contributed by atoms with Crippen LogP contribution in [0.15, 0.2) is 24.3 Å². The minimum atomic E-state index is -0.148. The van der Waals surface area contributed by atoms with Crippen LogP contribution in [0.4, 0.5) is 0 Å². The van der Waals surface area contributed by atoms with Crippen molar-refractivity contribution >= 4 is 6.29 Å². The van der Waals surface area contributed by atoms with Crippen LogP contribution in [0.1, 0.15) is 29.6 Å². The van der Waals surface area contributed by atoms with Gasteiger partial charge in [-0.15, -0.1) is 0 Å². The Hall–Kier alpha value is -1.39. The standard InChI is InChI=1S/C15H18O4/c16-10-12-2-1-3-13(8-12)19-14-4-6-18-15(9-14)5-7-17-11-15/h1-3,8,10,14H,4-7,9,11H2. The van der Waals surface area contributed by atoms with Crippen LogP contribution in [0, 0.1) is 0 Å². The Balaban J connectivity index is 1.67. The van der Waals surface area contributed by atoms with Crippen LogP contribution in [0.25, 0.3) is 0 Å². The molecule has 2 atom stereocenters. The van der Waals surface area contributed by atoms with Crippen LogP contribution >= 0.6 is 0 Å². The molecular formula is C15H18O4. The van der Waals surface area contributed by atoms with Gasteiger partial charge < -0.3 is 14.2 Å². The molecule has 2 fully saturated rings. The third-order valence-corrected chi connectivity index (χ3v) is 3.81. The molecule has 4 nitrogen and oxygen atoms in total. The molecule has 2 heterocycles. The smallest absolute Gasteiger partial charge is 0.150 e. The molecule has 4 heteroatoms. The Labute approximate surface area is 112 Å². The zero-order valence-electron chi connectivity index (χ0n) is 10.8. The lowest BCUT2D eigenvalue weighted by Crippen LogP contribution is -2.44. The summed E-state index contributed by atoms with van der Waals surface area (Å²) in [6.45, 7) is 2.15. The fourth-order valence-electron chi connectivity index (χ4n) is 2.80. The predicted molar refractivity (Wildman–Crippen MR) is 69.6 cm³/mol. The second-order valence-electron chi connectivity index (χ2n) is 5.26. The van der Waals surface area contributed by atoms with Gasteiger partial charge >= 0.3 is 0 Å². The van der Waals surface area contributed by atoms with Gasteiger partial charge in [-0.05, 0) is 12.1 Å². The Morgan fingerprint density at radius 2 is 2.32 bits per heavy atom. The van der Waals surface area contributed by atoms with Crippen molar-refractivity contribution in [1.29, 1.82) is 0 Å². The van der Waals surface area contributed by atoms with E-state index in [0.29, 0.717) is 18.8 Å². The van der Waals surface area contributed by atoms with E-state index in [1.807, 2.05) is 12.1 Å². The second-order valence-corrected chi connectivity index (χ2v) is 5.26. The van der Waals surface area contributed by atoms with Crippen molar-refractivity contribution in [2.45, 2.75) is 31.0 Å². The highest BCUT2D eigenvalue weighted by Gasteiger charge is 2.41. The van der Waals surface area contributed by atoms with Gasteiger partial charge in [0.15, 0.2) is 0 Å². The summed E-state index contributed by atoms with van der Waals surface area (Å²) in [5.74, 6) is 0.755. The molecule has 0 N–H and O–H groups in total. The van der Waals surface area contributed by atoms with Gasteiger partial charge in [0.1, 0.15) is 18.1 Å². The normalized spacial score (nSPS) is 30.4. The Morgan fingerprint density at radius 3 is 3.11 bits per heavy atom. The van der Waals surface area contributed by atoms with Crippen molar-refractivity contribution < 1.29 is 19.0 Å². The predicted octanol–water partition coefficient (Wildman–Crippen LogP) is 2.22. The van der Waals surface area contributed by atoms with Gasteiger partial charge in [-0.3, -0.25) is 4.79 Å². The van der Waals surface area contributed by atoms with Gasteiger partial charge in [0.25, 0.3) is 0 Å². The zero-order chi connectivity index (χ0) is 13.1. The molecule has 2 aliphatic heterocycles. The maximum Gasteiger partial charge on any atom is 0.150 e. The largest absolute Gasteiger partial charge is 0.490 e. The van der Waals surface area contributed by atoms with Crippen molar-refractivity contribution in [3.8, 4) is 5.75 Å². The minimum Gasteiger partial charge on any atom is -0.490 e. The molecule has 1 aromatic rings. The van der Waals surface area contributed by atoms with Crippen molar-refractivity contribution in [1.82, 2.24) is 0 Å². The number of hydrogen-bond acceptors (Lipinski definition) is 4. The fourth-order valence-corrected chi connectivity index (χ4v) is 2.80. The highest BCUT2D eigenvalue weighted by molar-refractivity contribution is 5.75. The molecule has 0 bridgehead atoms. The fraction of sp³-hybridized carbons (Fsp3) is 0.533. The van der Waals surface area contributed by atoms with E-state index in [-0.39, 0.29) is 11.7 Å². The summed E-state index contributed by atoms with van der Waals surface area (Å²) in [6.07, 6.45) is 3.66. The van der Waals surface area contributed by atoms with E-state index in [9.17, 15) is 4.79 Å². The topological polar surface area (TPSA) is 44.8 Å². The van der Waals surface area contributed by atoms with Crippen molar-refractivity contribution in [2.75, 3.05) is 19.8 Å². The van der Waals surface area contributed by atoms with E-state index in [0.717, 1.165) is 37.9 Å². The van der Waals surface area contributed by atoms with Gasteiger partial charge in [0, 0.05) is 31.4 Å².